The van der Waals surface area contributed by atoms with Crippen LogP contribution in [-0.2, 0) is 9.53 Å². The molecule has 0 aliphatic carbocycles. The first-order chi connectivity index (χ1) is 14.1. The van der Waals surface area contributed by atoms with E-state index in [1.165, 1.54) is 18.3 Å². The Bertz CT molecular complexity index is 1170. The van der Waals surface area contributed by atoms with Gasteiger partial charge in [-0.1, -0.05) is 36.4 Å². The summed E-state index contributed by atoms with van der Waals surface area (Å²) < 4.78 is 5.31. The third-order valence-electron chi connectivity index (χ3n) is 4.29. The normalized spacial score (nSPS) is 11.8. The Morgan fingerprint density at radius 3 is 2.69 bits per heavy atom. The average Bonchev–Trinajstić information content (AvgIpc) is 3.25. The molecule has 0 saturated heterocycles. The number of benzene rings is 2. The van der Waals surface area contributed by atoms with Gasteiger partial charge in [0.05, 0.1) is 11.2 Å². The third kappa shape index (κ3) is 4.14. The van der Waals surface area contributed by atoms with Crippen LogP contribution < -0.4 is 5.32 Å². The molecule has 4 aromatic rings. The van der Waals surface area contributed by atoms with Crippen LogP contribution in [0.5, 0.6) is 0 Å². The van der Waals surface area contributed by atoms with Gasteiger partial charge in [0.2, 0.25) is 0 Å². The Morgan fingerprint density at radius 1 is 1.03 bits per heavy atom. The number of rotatable bonds is 5. The summed E-state index contributed by atoms with van der Waals surface area (Å²) in [6.07, 6.45) is 0.715. The largest absolute Gasteiger partial charge is 0.448 e. The number of anilines is 1. The zero-order valence-electron chi connectivity index (χ0n) is 15.5. The van der Waals surface area contributed by atoms with Crippen molar-refractivity contribution >= 4 is 39.8 Å². The van der Waals surface area contributed by atoms with Crippen LogP contribution in [0.3, 0.4) is 0 Å². The van der Waals surface area contributed by atoms with Crippen LogP contribution in [0.2, 0.25) is 0 Å². The molecule has 2 aromatic carbocycles. The summed E-state index contributed by atoms with van der Waals surface area (Å²) in [5.41, 5.74) is 2.49. The fourth-order valence-electron chi connectivity index (χ4n) is 2.80. The summed E-state index contributed by atoms with van der Waals surface area (Å²) in [5, 5.41) is 5.96. The number of hydrogen-bond donors (Lipinski definition) is 1. The van der Waals surface area contributed by atoms with Gasteiger partial charge in [-0.15, -0.1) is 11.3 Å². The van der Waals surface area contributed by atoms with Gasteiger partial charge < -0.3 is 10.1 Å². The highest BCUT2D eigenvalue weighted by molar-refractivity contribution is 7.13. The van der Waals surface area contributed by atoms with Gasteiger partial charge in [-0.05, 0) is 31.2 Å². The van der Waals surface area contributed by atoms with Crippen LogP contribution in [-0.4, -0.2) is 27.9 Å². The van der Waals surface area contributed by atoms with E-state index in [1.807, 2.05) is 48.5 Å². The molecule has 0 aliphatic heterocycles. The number of fused-ring (bicyclic) bond motifs is 1. The number of amides is 1. The first-order valence-corrected chi connectivity index (χ1v) is 9.86. The van der Waals surface area contributed by atoms with Crippen molar-refractivity contribution in [3.8, 4) is 10.6 Å². The second-order valence-electron chi connectivity index (χ2n) is 6.32. The number of carbonyl (C=O) groups excluding carboxylic acids is 2. The lowest BCUT2D eigenvalue weighted by molar-refractivity contribution is -0.123. The molecule has 29 heavy (non-hydrogen) atoms. The lowest BCUT2D eigenvalue weighted by atomic mass is 10.2. The molecule has 144 valence electrons. The molecule has 2 heterocycles. The van der Waals surface area contributed by atoms with Gasteiger partial charge in [0.15, 0.2) is 11.8 Å². The molecular weight excluding hydrogens is 386 g/mol. The fraction of sp³-hybridized carbons (Fsp3) is 0.0909. The summed E-state index contributed by atoms with van der Waals surface area (Å²) >= 11 is 1.35. The van der Waals surface area contributed by atoms with E-state index in [0.29, 0.717) is 5.69 Å². The standard InChI is InChI=1S/C22H17N3O3S/c1-14(20(26)24-18-11-5-10-17-16(18)9-6-12-23-17)28-22(27)19-13-29-21(25-19)15-7-3-2-4-8-15/h2-14H,1H3,(H,24,26). The molecule has 0 saturated carbocycles. The van der Waals surface area contributed by atoms with Gasteiger partial charge in [0, 0.05) is 22.5 Å². The van der Waals surface area contributed by atoms with Crippen molar-refractivity contribution < 1.29 is 14.3 Å². The number of carbonyl (C=O) groups is 2. The smallest absolute Gasteiger partial charge is 0.358 e. The monoisotopic (exact) mass is 403 g/mol. The number of pyridine rings is 1. The highest BCUT2D eigenvalue weighted by Crippen LogP contribution is 2.24. The number of thiazole rings is 1. The zero-order valence-corrected chi connectivity index (χ0v) is 16.3. The Kier molecular flexibility index (Phi) is 5.31. The zero-order chi connectivity index (χ0) is 20.2. The number of aromatic nitrogens is 2. The van der Waals surface area contributed by atoms with E-state index in [0.717, 1.165) is 21.5 Å². The first kappa shape index (κ1) is 18.8. The van der Waals surface area contributed by atoms with E-state index in [2.05, 4.69) is 15.3 Å². The van der Waals surface area contributed by atoms with E-state index < -0.39 is 18.0 Å². The predicted molar refractivity (Wildman–Crippen MR) is 113 cm³/mol. The maximum absolute atomic E-state index is 12.5. The summed E-state index contributed by atoms with van der Waals surface area (Å²) in [4.78, 5) is 33.5. The molecule has 0 aliphatic rings. The van der Waals surface area contributed by atoms with Gasteiger partial charge in [-0.3, -0.25) is 9.78 Å². The summed E-state index contributed by atoms with van der Waals surface area (Å²) in [7, 11) is 0. The van der Waals surface area contributed by atoms with Crippen molar-refractivity contribution in [1.82, 2.24) is 9.97 Å². The molecule has 6 nitrogen and oxygen atoms in total. The Hall–Kier alpha value is -3.58. The Balaban J connectivity index is 1.43. The fourth-order valence-corrected chi connectivity index (χ4v) is 3.60. The molecule has 7 heteroatoms. The van der Waals surface area contributed by atoms with E-state index in [9.17, 15) is 9.59 Å². The van der Waals surface area contributed by atoms with Crippen LogP contribution in [0.4, 0.5) is 5.69 Å². The first-order valence-electron chi connectivity index (χ1n) is 8.98. The van der Waals surface area contributed by atoms with Crippen LogP contribution in [0.1, 0.15) is 17.4 Å². The van der Waals surface area contributed by atoms with Gasteiger partial charge in [0.1, 0.15) is 5.01 Å². The van der Waals surface area contributed by atoms with Crippen molar-refractivity contribution in [3.63, 3.8) is 0 Å². The molecule has 0 bridgehead atoms. The summed E-state index contributed by atoms with van der Waals surface area (Å²) in [5.74, 6) is -1.06. The molecule has 1 unspecified atom stereocenters. The van der Waals surface area contributed by atoms with Gasteiger partial charge in [0.25, 0.3) is 5.91 Å². The number of esters is 1. The quantitative estimate of drug-likeness (QED) is 0.495. The van der Waals surface area contributed by atoms with Crippen molar-refractivity contribution in [3.05, 3.63) is 77.9 Å². The SMILES string of the molecule is CC(OC(=O)c1csc(-c2ccccc2)n1)C(=O)Nc1cccc2ncccc12. The van der Waals surface area contributed by atoms with Crippen molar-refractivity contribution in [2.24, 2.45) is 0 Å². The lowest BCUT2D eigenvalue weighted by Gasteiger charge is -2.14. The highest BCUT2D eigenvalue weighted by Gasteiger charge is 2.21. The number of nitrogens with zero attached hydrogens (tertiary/aromatic N) is 2. The molecule has 4 rings (SSSR count). The molecule has 0 spiro atoms. The summed E-state index contributed by atoms with van der Waals surface area (Å²) in [6, 6.07) is 18.7. The predicted octanol–water partition coefficient (Wildman–Crippen LogP) is 4.54. The van der Waals surface area contributed by atoms with Crippen molar-refractivity contribution in [2.75, 3.05) is 5.32 Å². The molecule has 1 amide bonds. The van der Waals surface area contributed by atoms with Crippen LogP contribution in [0.25, 0.3) is 21.5 Å². The van der Waals surface area contributed by atoms with Crippen LogP contribution in [0, 0.1) is 0 Å². The average molecular weight is 403 g/mol. The van der Waals surface area contributed by atoms with Crippen LogP contribution in [0.15, 0.2) is 72.2 Å². The number of ether oxygens (including phenoxy) is 1. The number of nitrogens with one attached hydrogen (secondary N) is 1. The molecule has 0 radical (unpaired) electrons. The van der Waals surface area contributed by atoms with Crippen LogP contribution >= 0.6 is 11.3 Å². The molecule has 1 atom stereocenters. The third-order valence-corrected chi connectivity index (χ3v) is 5.18. The minimum Gasteiger partial charge on any atom is -0.448 e. The second-order valence-corrected chi connectivity index (χ2v) is 7.17. The van der Waals surface area contributed by atoms with Gasteiger partial charge in [-0.2, -0.15) is 0 Å². The maximum atomic E-state index is 12.5. The second kappa shape index (κ2) is 8.20. The maximum Gasteiger partial charge on any atom is 0.358 e. The summed E-state index contributed by atoms with van der Waals surface area (Å²) in [6.45, 7) is 1.53. The van der Waals surface area contributed by atoms with Crippen molar-refractivity contribution in [2.45, 2.75) is 13.0 Å². The van der Waals surface area contributed by atoms with E-state index in [-0.39, 0.29) is 5.69 Å². The molecule has 1 N–H and O–H groups in total. The topological polar surface area (TPSA) is 81.2 Å². The minimum atomic E-state index is -0.976. The van der Waals surface area contributed by atoms with Gasteiger partial charge in [-0.25, -0.2) is 9.78 Å². The minimum absolute atomic E-state index is 0.183. The lowest BCUT2D eigenvalue weighted by Crippen LogP contribution is -2.30. The number of hydrogen-bond acceptors (Lipinski definition) is 6. The van der Waals surface area contributed by atoms with Crippen molar-refractivity contribution in [1.29, 1.82) is 0 Å². The highest BCUT2D eigenvalue weighted by atomic mass is 32.1. The van der Waals surface area contributed by atoms with E-state index in [4.69, 9.17) is 4.74 Å². The Morgan fingerprint density at radius 2 is 1.86 bits per heavy atom. The molecule has 2 aromatic heterocycles. The van der Waals surface area contributed by atoms with E-state index in [1.54, 1.807) is 23.7 Å². The Labute approximate surface area is 171 Å². The van der Waals surface area contributed by atoms with E-state index >= 15 is 0 Å². The molecular formula is C22H17N3O3S. The van der Waals surface area contributed by atoms with Gasteiger partial charge >= 0.3 is 5.97 Å². The molecule has 0 fully saturated rings.